The molecule has 1 heterocycles. The molecule has 168 valence electrons. The highest BCUT2D eigenvalue weighted by molar-refractivity contribution is 6.15. The van der Waals surface area contributed by atoms with Gasteiger partial charge in [0, 0.05) is 31.2 Å². The number of benzene rings is 2. The van der Waals surface area contributed by atoms with Crippen molar-refractivity contribution in [3.05, 3.63) is 58.7 Å². The summed E-state index contributed by atoms with van der Waals surface area (Å²) in [4.78, 5) is 27.1. The Morgan fingerprint density at radius 3 is 1.50 bits per heavy atom. The van der Waals surface area contributed by atoms with Gasteiger partial charge in [-0.1, -0.05) is 12.1 Å². The molecule has 1 saturated heterocycles. The number of carbonyl (C=O) groups is 2. The molecule has 2 aromatic carbocycles. The van der Waals surface area contributed by atoms with Crippen LogP contribution in [-0.4, -0.2) is 58.1 Å². The largest absolute Gasteiger partial charge is 0.493 e. The Morgan fingerprint density at radius 2 is 1.16 bits per heavy atom. The molecule has 0 radical (unpaired) electrons. The molecule has 0 aromatic heterocycles. The van der Waals surface area contributed by atoms with Crippen molar-refractivity contribution in [1.82, 2.24) is 4.90 Å². The van der Waals surface area contributed by atoms with Crippen molar-refractivity contribution in [1.29, 1.82) is 0 Å². The number of likely N-dealkylation sites (tertiary alicyclic amines) is 1. The summed E-state index contributed by atoms with van der Waals surface area (Å²) in [6.07, 6.45) is 3.56. The molecule has 0 bridgehead atoms. The number of carbonyl (C=O) groups excluding carboxylic acids is 2. The minimum Gasteiger partial charge on any atom is -0.493 e. The van der Waals surface area contributed by atoms with E-state index in [-0.39, 0.29) is 24.8 Å². The minimum absolute atomic E-state index is 0.103. The molecule has 3 rings (SSSR count). The second-order valence-electron chi connectivity index (χ2n) is 7.27. The Labute approximate surface area is 187 Å². The summed E-state index contributed by atoms with van der Waals surface area (Å²) < 4.78 is 21.3. The lowest BCUT2D eigenvalue weighted by molar-refractivity contribution is -0.129. The van der Waals surface area contributed by atoms with Gasteiger partial charge in [0.05, 0.1) is 28.4 Å². The van der Waals surface area contributed by atoms with Gasteiger partial charge in [-0.25, -0.2) is 0 Å². The molecule has 7 nitrogen and oxygen atoms in total. The summed E-state index contributed by atoms with van der Waals surface area (Å²) in [5.41, 5.74) is 2.60. The van der Waals surface area contributed by atoms with Gasteiger partial charge in [0.15, 0.2) is 28.8 Å². The second-order valence-corrected chi connectivity index (χ2v) is 7.27. The van der Waals surface area contributed by atoms with Crippen molar-refractivity contribution in [3.63, 3.8) is 0 Å². The van der Waals surface area contributed by atoms with Gasteiger partial charge in [-0.2, -0.15) is 0 Å². The summed E-state index contributed by atoms with van der Waals surface area (Å²) in [5, 5.41) is 0. The molecule has 1 aliphatic rings. The lowest BCUT2D eigenvalue weighted by Gasteiger charge is -2.29. The fraction of sp³-hybridized carbons (Fsp3) is 0.280. The predicted molar refractivity (Wildman–Crippen MR) is 122 cm³/mol. The van der Waals surface area contributed by atoms with Crippen LogP contribution in [0.15, 0.2) is 47.5 Å². The molecule has 0 N–H and O–H groups in total. The zero-order valence-corrected chi connectivity index (χ0v) is 18.9. The fourth-order valence-corrected chi connectivity index (χ4v) is 3.55. The fourth-order valence-electron chi connectivity index (χ4n) is 3.55. The number of ketones is 1. The van der Waals surface area contributed by atoms with Crippen LogP contribution in [0.2, 0.25) is 0 Å². The first-order valence-electron chi connectivity index (χ1n) is 10.1. The summed E-state index contributed by atoms with van der Waals surface area (Å²) in [6.45, 7) is 1.98. The van der Waals surface area contributed by atoms with Crippen LogP contribution in [0, 0.1) is 0 Å². The maximum Gasteiger partial charge on any atom is 0.220 e. The summed E-state index contributed by atoms with van der Waals surface area (Å²) in [7, 11) is 6.25. The first kappa shape index (κ1) is 22.9. The van der Waals surface area contributed by atoms with E-state index in [0.29, 0.717) is 34.1 Å². The highest BCUT2D eigenvalue weighted by atomic mass is 16.5. The number of ether oxygens (including phenoxy) is 4. The number of piperidine rings is 1. The summed E-state index contributed by atoms with van der Waals surface area (Å²) in [5.74, 6) is 2.12. The zero-order valence-electron chi connectivity index (χ0n) is 18.9. The van der Waals surface area contributed by atoms with E-state index in [9.17, 15) is 9.59 Å². The number of nitrogens with zero attached hydrogens (tertiary/aromatic N) is 1. The molecular formula is C25H27NO6. The highest BCUT2D eigenvalue weighted by Crippen LogP contribution is 2.31. The monoisotopic (exact) mass is 437 g/mol. The molecule has 1 aliphatic heterocycles. The normalized spacial score (nSPS) is 16.3. The van der Waals surface area contributed by atoms with Gasteiger partial charge in [0.2, 0.25) is 5.91 Å². The van der Waals surface area contributed by atoms with E-state index >= 15 is 0 Å². The van der Waals surface area contributed by atoms with Gasteiger partial charge in [0.1, 0.15) is 0 Å². The lowest BCUT2D eigenvalue weighted by atomic mass is 9.94. The third kappa shape index (κ3) is 4.94. The average Bonchev–Trinajstić information content (AvgIpc) is 2.81. The Balaban J connectivity index is 2.00. The van der Waals surface area contributed by atoms with Crippen LogP contribution in [0.5, 0.6) is 23.0 Å². The topological polar surface area (TPSA) is 74.3 Å². The van der Waals surface area contributed by atoms with E-state index < -0.39 is 0 Å². The number of Topliss-reactive ketones (excluding diaryl/α,β-unsaturated/α-hetero) is 1. The molecule has 1 amide bonds. The highest BCUT2D eigenvalue weighted by Gasteiger charge is 2.27. The van der Waals surface area contributed by atoms with Gasteiger partial charge >= 0.3 is 0 Å². The van der Waals surface area contributed by atoms with Crippen molar-refractivity contribution in [2.45, 2.75) is 6.92 Å². The molecule has 0 spiro atoms. The van der Waals surface area contributed by atoms with Gasteiger partial charge in [-0.05, 0) is 47.5 Å². The number of amides is 1. The SMILES string of the molecule is COc1ccc(/C=C2/CN(C(C)=O)C/C(=C\c3ccc(OC)c(OC)c3)C2=O)cc1OC. The molecule has 1 fully saturated rings. The number of methoxy groups -OCH3 is 4. The van der Waals surface area contributed by atoms with Crippen LogP contribution in [-0.2, 0) is 9.59 Å². The number of hydrogen-bond donors (Lipinski definition) is 0. The van der Waals surface area contributed by atoms with Gasteiger partial charge in [-0.15, -0.1) is 0 Å². The Bertz CT molecular complexity index is 1010. The van der Waals surface area contributed by atoms with Crippen molar-refractivity contribution < 1.29 is 28.5 Å². The van der Waals surface area contributed by atoms with Crippen molar-refractivity contribution in [2.24, 2.45) is 0 Å². The summed E-state index contributed by atoms with van der Waals surface area (Å²) >= 11 is 0. The third-order valence-corrected chi connectivity index (χ3v) is 5.25. The summed E-state index contributed by atoms with van der Waals surface area (Å²) in [6, 6.07) is 10.8. The quantitative estimate of drug-likeness (QED) is 0.643. The number of hydrogen-bond acceptors (Lipinski definition) is 6. The molecule has 0 aliphatic carbocycles. The minimum atomic E-state index is -0.105. The first-order chi connectivity index (χ1) is 15.4. The molecule has 0 atom stereocenters. The van der Waals surface area contributed by atoms with Crippen molar-refractivity contribution in [2.75, 3.05) is 41.5 Å². The Morgan fingerprint density at radius 1 is 0.750 bits per heavy atom. The molecule has 0 unspecified atom stereocenters. The molecular weight excluding hydrogens is 410 g/mol. The van der Waals surface area contributed by atoms with Crippen LogP contribution >= 0.6 is 0 Å². The molecule has 7 heteroatoms. The third-order valence-electron chi connectivity index (χ3n) is 5.25. The Kier molecular flexibility index (Phi) is 7.20. The average molecular weight is 437 g/mol. The molecule has 32 heavy (non-hydrogen) atoms. The lowest BCUT2D eigenvalue weighted by Crippen LogP contribution is -2.40. The second kappa shape index (κ2) is 10.0. The molecule has 2 aromatic rings. The van der Waals surface area contributed by atoms with Crippen LogP contribution in [0.3, 0.4) is 0 Å². The maximum absolute atomic E-state index is 13.3. The van der Waals surface area contributed by atoms with Crippen molar-refractivity contribution >= 4 is 23.8 Å². The Hall–Kier alpha value is -3.74. The van der Waals surface area contributed by atoms with Crippen LogP contribution in [0.4, 0.5) is 0 Å². The first-order valence-corrected chi connectivity index (χ1v) is 10.1. The molecule has 0 saturated carbocycles. The smallest absolute Gasteiger partial charge is 0.220 e. The van der Waals surface area contributed by atoms with E-state index in [4.69, 9.17) is 18.9 Å². The van der Waals surface area contributed by atoms with E-state index in [1.807, 2.05) is 12.1 Å². The maximum atomic E-state index is 13.3. The van der Waals surface area contributed by atoms with E-state index in [2.05, 4.69) is 0 Å². The van der Waals surface area contributed by atoms with Crippen molar-refractivity contribution in [3.8, 4) is 23.0 Å². The van der Waals surface area contributed by atoms with E-state index in [1.165, 1.54) is 6.92 Å². The van der Waals surface area contributed by atoms with Gasteiger partial charge in [0.25, 0.3) is 0 Å². The van der Waals surface area contributed by atoms with Crippen LogP contribution in [0.25, 0.3) is 12.2 Å². The zero-order chi connectivity index (χ0) is 23.3. The standard InChI is InChI=1S/C25H27NO6/c1-16(27)26-14-19(10-17-6-8-21(29-2)23(12-17)31-4)25(28)20(15-26)11-18-7-9-22(30-3)24(13-18)32-5/h6-13H,14-15H2,1-5H3/b19-10-,20-11+. The van der Waals surface area contributed by atoms with Gasteiger partial charge in [-0.3, -0.25) is 9.59 Å². The predicted octanol–water partition coefficient (Wildman–Crippen LogP) is 3.62. The van der Waals surface area contributed by atoms with E-state index in [0.717, 1.165) is 11.1 Å². The van der Waals surface area contributed by atoms with Gasteiger partial charge < -0.3 is 23.8 Å². The number of rotatable bonds is 6. The van der Waals surface area contributed by atoms with Crippen LogP contribution < -0.4 is 18.9 Å². The van der Waals surface area contributed by atoms with E-state index in [1.54, 1.807) is 69.8 Å². The van der Waals surface area contributed by atoms with Crippen LogP contribution in [0.1, 0.15) is 18.1 Å².